The highest BCUT2D eigenvalue weighted by Gasteiger charge is 2.23. The van der Waals surface area contributed by atoms with E-state index in [1.165, 1.54) is 5.56 Å². The predicted molar refractivity (Wildman–Crippen MR) is 90.4 cm³/mol. The summed E-state index contributed by atoms with van der Waals surface area (Å²) >= 11 is 0. The van der Waals surface area contributed by atoms with Crippen LogP contribution in [0.4, 0.5) is 0 Å². The number of piperazine rings is 1. The molecule has 1 fully saturated rings. The molecule has 1 aliphatic rings. The van der Waals surface area contributed by atoms with Gasteiger partial charge in [0.15, 0.2) is 0 Å². The summed E-state index contributed by atoms with van der Waals surface area (Å²) in [6.07, 6.45) is 0.487. The van der Waals surface area contributed by atoms with Gasteiger partial charge in [-0.05, 0) is 37.0 Å². The Hall–Kier alpha value is -1.10. The molecule has 0 spiro atoms. The highest BCUT2D eigenvalue weighted by molar-refractivity contribution is 5.39. The summed E-state index contributed by atoms with van der Waals surface area (Å²) in [4.78, 5) is 2.43. The van der Waals surface area contributed by atoms with Crippen LogP contribution >= 0.6 is 0 Å². The maximum atomic E-state index is 10.8. The fourth-order valence-electron chi connectivity index (χ4n) is 3.04. The maximum absolute atomic E-state index is 10.8. The Bertz CT molecular complexity index is 458. The number of ether oxygens (including phenoxy) is 1. The van der Waals surface area contributed by atoms with Crippen LogP contribution in [0.5, 0.6) is 5.75 Å². The maximum Gasteiger partial charge on any atom is 0.125 e. The van der Waals surface area contributed by atoms with Crippen molar-refractivity contribution < 1.29 is 9.84 Å². The molecule has 0 saturated carbocycles. The Morgan fingerprint density at radius 2 is 2.00 bits per heavy atom. The number of benzene rings is 1. The molecule has 0 radical (unpaired) electrons. The van der Waals surface area contributed by atoms with Crippen LogP contribution in [0, 0.1) is 5.92 Å². The number of aliphatic hydroxyl groups excluding tert-OH is 1. The van der Waals surface area contributed by atoms with E-state index in [0.717, 1.165) is 50.5 Å². The molecule has 4 heteroatoms. The average molecular weight is 306 g/mol. The van der Waals surface area contributed by atoms with Gasteiger partial charge in [-0.25, -0.2) is 0 Å². The lowest BCUT2D eigenvalue weighted by Gasteiger charge is -2.31. The van der Waals surface area contributed by atoms with E-state index in [0.29, 0.717) is 6.61 Å². The third kappa shape index (κ3) is 4.45. The molecule has 1 aliphatic heterocycles. The molecule has 1 heterocycles. The van der Waals surface area contributed by atoms with Crippen molar-refractivity contribution in [3.63, 3.8) is 0 Å². The molecule has 0 bridgehead atoms. The molecule has 0 aliphatic carbocycles. The van der Waals surface area contributed by atoms with Gasteiger partial charge in [0.05, 0.1) is 12.7 Å². The van der Waals surface area contributed by atoms with Gasteiger partial charge in [-0.2, -0.15) is 0 Å². The number of rotatable bonds is 7. The van der Waals surface area contributed by atoms with Crippen molar-refractivity contribution in [2.45, 2.75) is 33.3 Å². The zero-order chi connectivity index (χ0) is 15.9. The monoisotopic (exact) mass is 306 g/mol. The van der Waals surface area contributed by atoms with Crippen LogP contribution in [0.25, 0.3) is 0 Å². The van der Waals surface area contributed by atoms with Crippen LogP contribution in [0.1, 0.15) is 38.0 Å². The zero-order valence-electron chi connectivity index (χ0n) is 14.1. The van der Waals surface area contributed by atoms with Gasteiger partial charge in [0.25, 0.3) is 0 Å². The number of nitrogens with one attached hydrogen (secondary N) is 1. The summed E-state index contributed by atoms with van der Waals surface area (Å²) < 4.78 is 5.71. The molecule has 2 unspecified atom stereocenters. The van der Waals surface area contributed by atoms with E-state index in [9.17, 15) is 5.11 Å². The van der Waals surface area contributed by atoms with Crippen molar-refractivity contribution >= 4 is 0 Å². The third-order valence-corrected chi connectivity index (χ3v) is 4.40. The minimum Gasteiger partial charge on any atom is -0.493 e. The largest absolute Gasteiger partial charge is 0.493 e. The molecule has 4 nitrogen and oxygen atoms in total. The second-order valence-corrected chi connectivity index (χ2v) is 6.13. The van der Waals surface area contributed by atoms with Gasteiger partial charge in [-0.3, -0.25) is 0 Å². The quantitative estimate of drug-likeness (QED) is 0.811. The van der Waals surface area contributed by atoms with Gasteiger partial charge >= 0.3 is 0 Å². The SMILES string of the molecule is CCOc1ccc(CC)cc1C(O)C(C)CN1CCNCC1. The Labute approximate surface area is 134 Å². The smallest absolute Gasteiger partial charge is 0.125 e. The van der Waals surface area contributed by atoms with Crippen molar-refractivity contribution in [1.82, 2.24) is 10.2 Å². The summed E-state index contributed by atoms with van der Waals surface area (Å²) in [5, 5.41) is 14.2. The Kier molecular flexibility index (Phi) is 6.68. The van der Waals surface area contributed by atoms with E-state index in [-0.39, 0.29) is 5.92 Å². The lowest BCUT2D eigenvalue weighted by atomic mass is 9.94. The Morgan fingerprint density at radius 3 is 2.64 bits per heavy atom. The minimum absolute atomic E-state index is 0.185. The van der Waals surface area contributed by atoms with Crippen LogP contribution in [0.2, 0.25) is 0 Å². The highest BCUT2D eigenvalue weighted by Crippen LogP contribution is 2.32. The third-order valence-electron chi connectivity index (χ3n) is 4.40. The molecule has 0 amide bonds. The Morgan fingerprint density at radius 1 is 1.27 bits per heavy atom. The zero-order valence-corrected chi connectivity index (χ0v) is 14.1. The molecular weight excluding hydrogens is 276 g/mol. The lowest BCUT2D eigenvalue weighted by molar-refractivity contribution is 0.0816. The van der Waals surface area contributed by atoms with Crippen molar-refractivity contribution in [3.8, 4) is 5.75 Å². The number of hydrogen-bond donors (Lipinski definition) is 2. The second-order valence-electron chi connectivity index (χ2n) is 6.13. The van der Waals surface area contributed by atoms with Crippen molar-refractivity contribution in [1.29, 1.82) is 0 Å². The van der Waals surface area contributed by atoms with Gasteiger partial charge in [0.2, 0.25) is 0 Å². The number of aliphatic hydroxyl groups is 1. The molecule has 0 aromatic heterocycles. The van der Waals surface area contributed by atoms with E-state index < -0.39 is 6.10 Å². The number of hydrogen-bond acceptors (Lipinski definition) is 4. The topological polar surface area (TPSA) is 44.7 Å². The van der Waals surface area contributed by atoms with Crippen LogP contribution in [-0.4, -0.2) is 49.3 Å². The van der Waals surface area contributed by atoms with Crippen molar-refractivity contribution in [2.75, 3.05) is 39.3 Å². The lowest BCUT2D eigenvalue weighted by Crippen LogP contribution is -2.45. The van der Waals surface area contributed by atoms with E-state index in [4.69, 9.17) is 4.74 Å². The molecular formula is C18H30N2O2. The first-order valence-electron chi connectivity index (χ1n) is 8.52. The molecule has 1 saturated heterocycles. The summed E-state index contributed by atoms with van der Waals surface area (Å²) in [5.74, 6) is 1.00. The molecule has 2 atom stereocenters. The predicted octanol–water partition coefficient (Wildman–Crippen LogP) is 2.22. The Balaban J connectivity index is 2.09. The molecule has 1 aromatic carbocycles. The van der Waals surface area contributed by atoms with Crippen LogP contribution in [0.3, 0.4) is 0 Å². The van der Waals surface area contributed by atoms with E-state index in [2.05, 4.69) is 36.2 Å². The van der Waals surface area contributed by atoms with E-state index in [1.807, 2.05) is 13.0 Å². The second kappa shape index (κ2) is 8.51. The first-order valence-corrected chi connectivity index (χ1v) is 8.52. The normalized spacial score (nSPS) is 18.9. The van der Waals surface area contributed by atoms with E-state index >= 15 is 0 Å². The summed E-state index contributed by atoms with van der Waals surface area (Å²) in [6.45, 7) is 12.0. The number of aryl methyl sites for hydroxylation is 1. The van der Waals surface area contributed by atoms with Gasteiger partial charge < -0.3 is 20.1 Å². The fourth-order valence-corrected chi connectivity index (χ4v) is 3.04. The summed E-state index contributed by atoms with van der Waals surface area (Å²) in [6, 6.07) is 6.19. The minimum atomic E-state index is -0.483. The highest BCUT2D eigenvalue weighted by atomic mass is 16.5. The molecule has 2 rings (SSSR count). The standard InChI is InChI=1S/C18H30N2O2/c1-4-15-6-7-17(22-5-2)16(12-15)18(21)14(3)13-20-10-8-19-9-11-20/h6-7,12,14,18-19,21H,4-5,8-11,13H2,1-3H3. The average Bonchev–Trinajstić information content (AvgIpc) is 2.55. The number of nitrogens with zero attached hydrogens (tertiary/aromatic N) is 1. The van der Waals surface area contributed by atoms with Crippen molar-refractivity contribution in [2.24, 2.45) is 5.92 Å². The first kappa shape index (κ1) is 17.3. The fraction of sp³-hybridized carbons (Fsp3) is 0.667. The van der Waals surface area contributed by atoms with Gasteiger partial charge in [0.1, 0.15) is 5.75 Å². The van der Waals surface area contributed by atoms with E-state index in [1.54, 1.807) is 0 Å². The van der Waals surface area contributed by atoms with Crippen LogP contribution in [-0.2, 0) is 6.42 Å². The molecule has 1 aromatic rings. The van der Waals surface area contributed by atoms with Crippen molar-refractivity contribution in [3.05, 3.63) is 29.3 Å². The molecule has 22 heavy (non-hydrogen) atoms. The van der Waals surface area contributed by atoms with Gasteiger partial charge in [0, 0.05) is 38.3 Å². The van der Waals surface area contributed by atoms with Crippen LogP contribution < -0.4 is 10.1 Å². The van der Waals surface area contributed by atoms with Crippen LogP contribution in [0.15, 0.2) is 18.2 Å². The summed E-state index contributed by atoms with van der Waals surface area (Å²) in [5.41, 5.74) is 2.18. The van der Waals surface area contributed by atoms with Gasteiger partial charge in [-0.15, -0.1) is 0 Å². The molecule has 124 valence electrons. The van der Waals surface area contributed by atoms with Gasteiger partial charge in [-0.1, -0.05) is 19.9 Å². The first-order chi connectivity index (χ1) is 10.7. The summed E-state index contributed by atoms with van der Waals surface area (Å²) in [7, 11) is 0. The molecule has 2 N–H and O–H groups in total.